The number of benzene rings is 6. The van der Waals surface area contributed by atoms with Crippen LogP contribution in [0.5, 0.6) is 0 Å². The Kier molecular flexibility index (Phi) is 16.4. The van der Waals surface area contributed by atoms with E-state index >= 15 is 4.57 Å². The highest BCUT2D eigenvalue weighted by atomic mass is 31.2. The van der Waals surface area contributed by atoms with Crippen molar-refractivity contribution < 1.29 is 18.1 Å². The Labute approximate surface area is 483 Å². The van der Waals surface area contributed by atoms with Crippen molar-refractivity contribution in [3.8, 4) is 0 Å². The van der Waals surface area contributed by atoms with Gasteiger partial charge in [0.05, 0.1) is 18.3 Å². The van der Waals surface area contributed by atoms with Crippen molar-refractivity contribution in [1.29, 1.82) is 0 Å². The molecule has 3 aliphatic carbocycles. The van der Waals surface area contributed by atoms with Crippen molar-refractivity contribution in [3.05, 3.63) is 211 Å². The number of phosphoric acid groups is 1. The molecule has 3 atom stereocenters. The van der Waals surface area contributed by atoms with E-state index in [0.29, 0.717) is 0 Å². The van der Waals surface area contributed by atoms with Crippen molar-refractivity contribution in [2.75, 3.05) is 0 Å². The van der Waals surface area contributed by atoms with Crippen LogP contribution in [-0.2, 0) is 50.6 Å². The third kappa shape index (κ3) is 12.7. The highest BCUT2D eigenvalue weighted by Gasteiger charge is 2.40. The molecule has 80 heavy (non-hydrogen) atoms. The molecule has 3 aliphatic rings. The van der Waals surface area contributed by atoms with Gasteiger partial charge in [-0.1, -0.05) is 229 Å². The van der Waals surface area contributed by atoms with Gasteiger partial charge in [0, 0.05) is 0 Å². The second-order valence-electron chi connectivity index (χ2n) is 28.3. The Morgan fingerprint density at radius 2 is 0.562 bits per heavy atom. The maximum absolute atomic E-state index is 15.3. The van der Waals surface area contributed by atoms with Crippen LogP contribution in [0.2, 0.25) is 0 Å². The average Bonchev–Trinajstić information content (AvgIpc) is 3.40. The van der Waals surface area contributed by atoms with E-state index in [-0.39, 0.29) is 32.5 Å². The van der Waals surface area contributed by atoms with Crippen molar-refractivity contribution in [2.24, 2.45) is 0 Å². The van der Waals surface area contributed by atoms with E-state index < -0.39 is 26.1 Å². The lowest BCUT2D eigenvalue weighted by Crippen LogP contribution is -2.33. The molecule has 5 heteroatoms. The van der Waals surface area contributed by atoms with Gasteiger partial charge in [-0.2, -0.15) is 0 Å². The molecule has 0 saturated carbocycles. The topological polar surface area (TPSA) is 44.8 Å². The molecule has 0 amide bonds. The van der Waals surface area contributed by atoms with E-state index in [1.54, 1.807) is 0 Å². The molecule has 9 rings (SSSR count). The van der Waals surface area contributed by atoms with Gasteiger partial charge in [0.15, 0.2) is 0 Å². The maximum Gasteiger partial charge on any atom is 0.476 e. The second kappa shape index (κ2) is 22.1. The minimum atomic E-state index is -4.23. The van der Waals surface area contributed by atoms with E-state index in [4.69, 9.17) is 13.6 Å². The number of rotatable bonds is 15. The Balaban J connectivity index is 0.942. The summed E-state index contributed by atoms with van der Waals surface area (Å²) in [5, 5.41) is 0. The molecule has 4 nitrogen and oxygen atoms in total. The van der Waals surface area contributed by atoms with Crippen LogP contribution in [0.15, 0.2) is 127 Å². The first kappa shape index (κ1) is 59.3. The molecule has 0 heterocycles. The Hall–Kier alpha value is -5.35. The van der Waals surface area contributed by atoms with Crippen LogP contribution in [0.25, 0.3) is 34.9 Å². The predicted molar refractivity (Wildman–Crippen MR) is 341 cm³/mol. The average molecular weight is 1090 g/mol. The smallest absolute Gasteiger partial charge is 0.279 e. The van der Waals surface area contributed by atoms with Gasteiger partial charge in [-0.05, 0) is 213 Å². The fraction of sp³-hybridized carbons (Fsp3) is 0.440. The van der Waals surface area contributed by atoms with Crippen LogP contribution in [0.1, 0.15) is 265 Å². The number of hydrogen-bond acceptors (Lipinski definition) is 4. The summed E-state index contributed by atoms with van der Waals surface area (Å²) < 4.78 is 35.0. The summed E-state index contributed by atoms with van der Waals surface area (Å²) in [7, 11) is -4.23. The Bertz CT molecular complexity index is 3030. The lowest BCUT2D eigenvalue weighted by atomic mass is 9.63. The zero-order chi connectivity index (χ0) is 58.0. The predicted octanol–water partition coefficient (Wildman–Crippen LogP) is 22.2. The molecular formula is C75H93O4P. The van der Waals surface area contributed by atoms with Gasteiger partial charge in [-0.25, -0.2) is 4.57 Å². The first-order valence-corrected chi connectivity index (χ1v) is 31.3. The molecule has 0 N–H and O–H groups in total. The number of fused-ring (bicyclic) bond motifs is 3. The molecule has 0 bridgehead atoms. The zero-order valence-corrected chi connectivity index (χ0v) is 52.8. The summed E-state index contributed by atoms with van der Waals surface area (Å²) in [6.07, 6.45) is 12.1. The van der Waals surface area contributed by atoms with Crippen LogP contribution in [-0.4, -0.2) is 0 Å². The largest absolute Gasteiger partial charge is 0.476 e. The van der Waals surface area contributed by atoms with E-state index in [9.17, 15) is 0 Å². The SMILES string of the molecule is C/C(=C\c1ccc(C(C)OP(=O)(OC(C)c2ccc(/C=C(\C)c3ccc4c(c3)C(C)(C)CCC4(C)C)cc2)OC(C)c2ccc(/C=C(\C)c3ccc4c(c3)C(C)(C)CCC4(C)C)cc2)cc1)c1ccc2c(c1)C(C)(C)CCC2(C)C. The highest BCUT2D eigenvalue weighted by molar-refractivity contribution is 7.48. The molecule has 0 aliphatic heterocycles. The third-order valence-electron chi connectivity index (χ3n) is 19.2. The molecule has 0 fully saturated rings. The van der Waals surface area contributed by atoms with Gasteiger partial charge in [-0.15, -0.1) is 0 Å². The second-order valence-corrected chi connectivity index (χ2v) is 29.8. The minimum absolute atomic E-state index is 0.141. The summed E-state index contributed by atoms with van der Waals surface area (Å²) in [6.45, 7) is 40.9. The van der Waals surface area contributed by atoms with Crippen LogP contribution < -0.4 is 0 Å². The zero-order valence-electron chi connectivity index (χ0n) is 51.9. The molecule has 3 unspecified atom stereocenters. The Morgan fingerprint density at radius 1 is 0.350 bits per heavy atom. The number of phosphoric ester groups is 1. The van der Waals surface area contributed by atoms with Crippen LogP contribution in [0, 0.1) is 0 Å². The van der Waals surface area contributed by atoms with Gasteiger partial charge in [0.25, 0.3) is 0 Å². The van der Waals surface area contributed by atoms with E-state index in [1.807, 2.05) is 20.8 Å². The number of allylic oxidation sites excluding steroid dienone is 3. The van der Waals surface area contributed by atoms with E-state index in [1.165, 1.54) is 105 Å². The Morgan fingerprint density at radius 3 is 0.787 bits per heavy atom. The maximum atomic E-state index is 15.3. The lowest BCUT2D eigenvalue weighted by Gasteiger charge is -2.42. The van der Waals surface area contributed by atoms with Gasteiger partial charge < -0.3 is 0 Å². The molecule has 0 spiro atoms. The summed E-state index contributed by atoms with van der Waals surface area (Å²) in [5.41, 5.74) is 23.0. The van der Waals surface area contributed by atoms with Crippen molar-refractivity contribution in [3.63, 3.8) is 0 Å². The molecule has 0 saturated heterocycles. The first-order valence-electron chi connectivity index (χ1n) is 29.8. The molecule has 6 aromatic carbocycles. The van der Waals surface area contributed by atoms with Crippen LogP contribution in [0.3, 0.4) is 0 Å². The van der Waals surface area contributed by atoms with Crippen molar-refractivity contribution in [2.45, 2.75) is 214 Å². The summed E-state index contributed by atoms with van der Waals surface area (Å²) in [5.74, 6) is 0. The fourth-order valence-corrected chi connectivity index (χ4v) is 14.6. The fourth-order valence-electron chi connectivity index (χ4n) is 12.9. The molecule has 422 valence electrons. The monoisotopic (exact) mass is 1090 g/mol. The highest BCUT2D eigenvalue weighted by Crippen LogP contribution is 2.59. The summed E-state index contributed by atoms with van der Waals surface area (Å²) >= 11 is 0. The normalized spacial score (nSPS) is 20.8. The van der Waals surface area contributed by atoms with Gasteiger partial charge in [0.1, 0.15) is 0 Å². The van der Waals surface area contributed by atoms with Crippen molar-refractivity contribution >= 4 is 42.8 Å². The molecule has 0 aromatic heterocycles. The standard InChI is InChI=1S/C75H93O4P/c1-49(61-31-34-64-67(46-61)73(13,14)40-37-70(64,7)8)43-55-19-25-58(26-20-55)52(4)77-80(76,78-53(5)59-27-21-56(22-28-59)44-50(2)62-32-35-65-68(47-62)74(15,16)41-38-71(65,9)10)79-54(6)60-29-23-57(24-30-60)45-51(3)63-33-36-66-69(48-63)75(17,18)42-39-72(66,11)12/h19-36,43-48,52-54H,37-42H2,1-18H3/b49-43+,50-44+,51-45+. The third-order valence-corrected chi connectivity index (χ3v) is 20.9. The first-order chi connectivity index (χ1) is 37.4. The van der Waals surface area contributed by atoms with Gasteiger partial charge >= 0.3 is 7.82 Å². The van der Waals surface area contributed by atoms with E-state index in [0.717, 1.165) is 33.4 Å². The minimum Gasteiger partial charge on any atom is -0.279 e. The quantitative estimate of drug-likeness (QED) is 0.0759. The van der Waals surface area contributed by atoms with Crippen molar-refractivity contribution in [1.82, 2.24) is 0 Å². The van der Waals surface area contributed by atoms with Crippen LogP contribution in [0.4, 0.5) is 0 Å². The van der Waals surface area contributed by atoms with Gasteiger partial charge in [-0.3, -0.25) is 13.6 Å². The number of hydrogen-bond donors (Lipinski definition) is 0. The lowest BCUT2D eigenvalue weighted by molar-refractivity contribution is 0.0421. The van der Waals surface area contributed by atoms with Crippen LogP contribution >= 0.6 is 7.82 Å². The molecule has 0 radical (unpaired) electrons. The summed E-state index contributed by atoms with van der Waals surface area (Å²) in [6, 6.07) is 46.1. The molecular weight excluding hydrogens is 996 g/mol. The van der Waals surface area contributed by atoms with Gasteiger partial charge in [0.2, 0.25) is 0 Å². The molecule has 6 aromatic rings. The van der Waals surface area contributed by atoms with E-state index in [2.05, 4.69) is 249 Å². The summed E-state index contributed by atoms with van der Waals surface area (Å²) in [4.78, 5) is 0.